The summed E-state index contributed by atoms with van der Waals surface area (Å²) >= 11 is 5.94. The Labute approximate surface area is 127 Å². The minimum absolute atomic E-state index is 0.0132. The number of hydrogen-bond donors (Lipinski definition) is 2. The first-order chi connectivity index (χ1) is 10.1. The Balaban J connectivity index is 1.77. The number of fused-ring (bicyclic) bond motifs is 1. The van der Waals surface area contributed by atoms with Gasteiger partial charge in [-0.2, -0.15) is 0 Å². The Morgan fingerprint density at radius 3 is 3.00 bits per heavy atom. The second kappa shape index (κ2) is 5.71. The molecule has 0 fully saturated rings. The van der Waals surface area contributed by atoms with E-state index in [1.54, 1.807) is 18.2 Å². The van der Waals surface area contributed by atoms with Crippen molar-refractivity contribution in [3.05, 3.63) is 59.0 Å². The molecule has 1 unspecified atom stereocenters. The predicted molar refractivity (Wildman–Crippen MR) is 81.4 cm³/mol. The zero-order valence-corrected chi connectivity index (χ0v) is 12.2. The summed E-state index contributed by atoms with van der Waals surface area (Å²) in [5.41, 5.74) is 1.56. The van der Waals surface area contributed by atoms with Crippen molar-refractivity contribution in [2.75, 3.05) is 0 Å². The van der Waals surface area contributed by atoms with E-state index in [-0.39, 0.29) is 11.8 Å². The summed E-state index contributed by atoms with van der Waals surface area (Å²) in [4.78, 5) is 0. The number of benzene rings is 1. The number of rotatable bonds is 4. The van der Waals surface area contributed by atoms with Gasteiger partial charge in [0, 0.05) is 23.3 Å². The van der Waals surface area contributed by atoms with Crippen LogP contribution in [0.2, 0.25) is 5.02 Å². The molecule has 108 valence electrons. The highest BCUT2D eigenvalue weighted by atomic mass is 35.5. The largest absolute Gasteiger partial charge is 0.508 e. The molecule has 0 saturated carbocycles. The maximum absolute atomic E-state index is 9.82. The van der Waals surface area contributed by atoms with Gasteiger partial charge < -0.3 is 10.4 Å². The highest BCUT2D eigenvalue weighted by Gasteiger charge is 2.13. The van der Waals surface area contributed by atoms with Crippen LogP contribution in [0.1, 0.15) is 24.4 Å². The summed E-state index contributed by atoms with van der Waals surface area (Å²) in [6, 6.07) is 10.8. The van der Waals surface area contributed by atoms with Crippen molar-refractivity contribution in [1.29, 1.82) is 0 Å². The van der Waals surface area contributed by atoms with Gasteiger partial charge in [-0.25, -0.2) is 0 Å². The molecule has 0 bridgehead atoms. The van der Waals surface area contributed by atoms with Crippen molar-refractivity contribution in [3.63, 3.8) is 0 Å². The van der Waals surface area contributed by atoms with E-state index in [1.807, 2.05) is 35.7 Å². The van der Waals surface area contributed by atoms with Crippen LogP contribution in [0.3, 0.4) is 0 Å². The average molecular weight is 303 g/mol. The van der Waals surface area contributed by atoms with Crippen molar-refractivity contribution >= 4 is 17.2 Å². The van der Waals surface area contributed by atoms with Crippen molar-refractivity contribution in [2.45, 2.75) is 19.5 Å². The van der Waals surface area contributed by atoms with Crippen LogP contribution in [0.25, 0.3) is 5.65 Å². The molecule has 0 spiro atoms. The molecular weight excluding hydrogens is 288 g/mol. The van der Waals surface area contributed by atoms with Gasteiger partial charge in [0.1, 0.15) is 5.75 Å². The van der Waals surface area contributed by atoms with Crippen molar-refractivity contribution in [1.82, 2.24) is 19.9 Å². The summed E-state index contributed by atoms with van der Waals surface area (Å²) in [5, 5.41) is 22.1. The highest BCUT2D eigenvalue weighted by Crippen LogP contribution is 2.22. The Hall–Kier alpha value is -2.11. The molecule has 21 heavy (non-hydrogen) atoms. The number of aromatic nitrogens is 3. The molecule has 2 N–H and O–H groups in total. The minimum atomic E-state index is -0.0132. The SMILES string of the molecule is CC(NCc1cc(Cl)ccc1O)c1nnc2ccccn12. The fourth-order valence-electron chi connectivity index (χ4n) is 2.21. The first kappa shape index (κ1) is 13.9. The number of halogens is 1. The molecule has 1 aromatic carbocycles. The summed E-state index contributed by atoms with van der Waals surface area (Å²) in [5.74, 6) is 1.05. The number of nitrogens with one attached hydrogen (secondary N) is 1. The molecule has 0 aliphatic rings. The number of aromatic hydroxyl groups is 1. The van der Waals surface area contributed by atoms with E-state index in [1.165, 1.54) is 0 Å². The average Bonchev–Trinajstić information content (AvgIpc) is 2.92. The number of phenols is 1. The molecule has 0 saturated heterocycles. The van der Waals surface area contributed by atoms with Crippen molar-refractivity contribution in [2.24, 2.45) is 0 Å². The van der Waals surface area contributed by atoms with Gasteiger partial charge in [0.25, 0.3) is 0 Å². The summed E-state index contributed by atoms with van der Waals surface area (Å²) in [7, 11) is 0. The lowest BCUT2D eigenvalue weighted by molar-refractivity contribution is 0.458. The quantitative estimate of drug-likeness (QED) is 0.778. The van der Waals surface area contributed by atoms with Crippen LogP contribution in [-0.2, 0) is 6.54 Å². The van der Waals surface area contributed by atoms with Gasteiger partial charge >= 0.3 is 0 Å². The molecule has 0 aliphatic heterocycles. The van der Waals surface area contributed by atoms with Crippen LogP contribution in [0.4, 0.5) is 0 Å². The fourth-order valence-corrected chi connectivity index (χ4v) is 2.40. The van der Waals surface area contributed by atoms with Gasteiger partial charge in [0.05, 0.1) is 6.04 Å². The normalized spacial score (nSPS) is 12.7. The van der Waals surface area contributed by atoms with E-state index < -0.39 is 0 Å². The second-order valence-corrected chi connectivity index (χ2v) is 5.30. The van der Waals surface area contributed by atoms with Crippen LogP contribution in [0.15, 0.2) is 42.6 Å². The molecule has 2 aromatic heterocycles. The van der Waals surface area contributed by atoms with Crippen molar-refractivity contribution in [3.8, 4) is 5.75 Å². The lowest BCUT2D eigenvalue weighted by Gasteiger charge is -2.13. The number of hydrogen-bond acceptors (Lipinski definition) is 4. The summed E-state index contributed by atoms with van der Waals surface area (Å²) in [6.45, 7) is 2.50. The van der Waals surface area contributed by atoms with Gasteiger partial charge in [0.15, 0.2) is 11.5 Å². The van der Waals surface area contributed by atoms with Gasteiger partial charge in [0.2, 0.25) is 0 Å². The van der Waals surface area contributed by atoms with E-state index in [0.717, 1.165) is 17.0 Å². The summed E-state index contributed by atoms with van der Waals surface area (Å²) < 4.78 is 1.94. The Morgan fingerprint density at radius 1 is 1.29 bits per heavy atom. The van der Waals surface area contributed by atoms with Crippen LogP contribution >= 0.6 is 11.6 Å². The van der Waals surface area contributed by atoms with Crippen LogP contribution in [0, 0.1) is 0 Å². The third-order valence-electron chi connectivity index (χ3n) is 3.37. The molecule has 0 aliphatic carbocycles. The minimum Gasteiger partial charge on any atom is -0.508 e. The van der Waals surface area contributed by atoms with Crippen molar-refractivity contribution < 1.29 is 5.11 Å². The molecular formula is C15H15ClN4O. The molecule has 0 radical (unpaired) electrons. The van der Waals surface area contributed by atoms with E-state index >= 15 is 0 Å². The lowest BCUT2D eigenvalue weighted by atomic mass is 10.2. The van der Waals surface area contributed by atoms with E-state index in [4.69, 9.17) is 11.6 Å². The zero-order chi connectivity index (χ0) is 14.8. The Kier molecular flexibility index (Phi) is 3.77. The summed E-state index contributed by atoms with van der Waals surface area (Å²) in [6.07, 6.45) is 1.93. The molecule has 1 atom stereocenters. The van der Waals surface area contributed by atoms with Gasteiger partial charge in [-0.1, -0.05) is 17.7 Å². The fraction of sp³-hybridized carbons (Fsp3) is 0.200. The Morgan fingerprint density at radius 2 is 2.14 bits per heavy atom. The van der Waals surface area contributed by atoms with E-state index in [0.29, 0.717) is 11.6 Å². The monoisotopic (exact) mass is 302 g/mol. The van der Waals surface area contributed by atoms with Crippen LogP contribution in [0.5, 0.6) is 5.75 Å². The van der Waals surface area contributed by atoms with Gasteiger partial charge in [-0.05, 0) is 37.3 Å². The molecule has 3 rings (SSSR count). The number of pyridine rings is 1. The molecule has 5 nitrogen and oxygen atoms in total. The number of phenolic OH excluding ortho intramolecular Hbond substituents is 1. The van der Waals surface area contributed by atoms with Gasteiger partial charge in [-0.15, -0.1) is 10.2 Å². The molecule has 6 heteroatoms. The second-order valence-electron chi connectivity index (χ2n) is 4.86. The smallest absolute Gasteiger partial charge is 0.160 e. The predicted octanol–water partition coefficient (Wildman–Crippen LogP) is 2.94. The molecule has 2 heterocycles. The van der Waals surface area contributed by atoms with Crippen LogP contribution in [-0.4, -0.2) is 19.7 Å². The Bertz CT molecular complexity index is 771. The maximum atomic E-state index is 9.82. The van der Waals surface area contributed by atoms with Gasteiger partial charge in [-0.3, -0.25) is 4.40 Å². The number of nitrogens with zero attached hydrogens (tertiary/aromatic N) is 3. The molecule has 3 aromatic rings. The third-order valence-corrected chi connectivity index (χ3v) is 3.60. The zero-order valence-electron chi connectivity index (χ0n) is 11.5. The first-order valence-electron chi connectivity index (χ1n) is 6.65. The van der Waals surface area contributed by atoms with E-state index in [9.17, 15) is 5.11 Å². The molecule has 0 amide bonds. The van der Waals surface area contributed by atoms with Crippen LogP contribution < -0.4 is 5.32 Å². The standard InChI is InChI=1S/C15H15ClN4O/c1-10(15-19-18-14-4-2-3-7-20(14)15)17-9-11-8-12(16)5-6-13(11)21/h2-8,10,17,21H,9H2,1H3. The lowest BCUT2D eigenvalue weighted by Crippen LogP contribution is -2.20. The highest BCUT2D eigenvalue weighted by molar-refractivity contribution is 6.30. The third kappa shape index (κ3) is 2.84. The van der Waals surface area contributed by atoms with E-state index in [2.05, 4.69) is 15.5 Å². The first-order valence-corrected chi connectivity index (χ1v) is 7.03. The topological polar surface area (TPSA) is 62.5 Å². The maximum Gasteiger partial charge on any atom is 0.160 e.